The summed E-state index contributed by atoms with van der Waals surface area (Å²) in [5.41, 5.74) is 3.70. The Bertz CT molecular complexity index is 1390. The molecule has 0 aliphatic carbocycles. The zero-order valence-corrected chi connectivity index (χ0v) is 23.8. The molecule has 0 radical (unpaired) electrons. The number of anilines is 1. The summed E-state index contributed by atoms with van der Waals surface area (Å²) < 4.78 is 30.2. The molecular formula is C28H29BrClN3O3S. The fourth-order valence-corrected chi connectivity index (χ4v) is 7.81. The van der Waals surface area contributed by atoms with Gasteiger partial charge in [0.1, 0.15) is 4.90 Å². The lowest BCUT2D eigenvalue weighted by molar-refractivity contribution is -0.118. The standard InChI is InChI=1S/C28H29BrClN3O3S/c1-2-26(34)33-13-12-22-18-23(29)19-25(28(22)33)37(35,36)32-16-14-31(15-17-32)27(20-6-4-3-5-7-20)21-8-10-24(30)11-9-21/h3-11,18-19,27H,2,12-17H2,1H3. The predicted molar refractivity (Wildman–Crippen MR) is 151 cm³/mol. The van der Waals surface area contributed by atoms with Crippen molar-refractivity contribution >= 4 is 49.1 Å². The summed E-state index contributed by atoms with van der Waals surface area (Å²) in [6, 6.07) is 21.7. The summed E-state index contributed by atoms with van der Waals surface area (Å²) >= 11 is 9.64. The van der Waals surface area contributed by atoms with Gasteiger partial charge in [0.15, 0.2) is 0 Å². The fraction of sp³-hybridized carbons (Fsp3) is 0.321. The highest BCUT2D eigenvalue weighted by Crippen LogP contribution is 2.40. The quantitative estimate of drug-likeness (QED) is 0.374. The third kappa shape index (κ3) is 5.22. The van der Waals surface area contributed by atoms with E-state index in [1.807, 2.05) is 48.5 Å². The molecule has 0 spiro atoms. The molecule has 1 amide bonds. The monoisotopic (exact) mass is 601 g/mol. The van der Waals surface area contributed by atoms with Crippen LogP contribution >= 0.6 is 27.5 Å². The number of hydrogen-bond donors (Lipinski definition) is 0. The number of hydrogen-bond acceptors (Lipinski definition) is 4. The van der Waals surface area contributed by atoms with Crippen molar-refractivity contribution in [3.05, 3.63) is 92.9 Å². The number of nitrogens with zero attached hydrogens (tertiary/aromatic N) is 3. The second-order valence-electron chi connectivity index (χ2n) is 9.37. The van der Waals surface area contributed by atoms with Crippen LogP contribution in [0.4, 0.5) is 5.69 Å². The van der Waals surface area contributed by atoms with Gasteiger partial charge in [0.05, 0.1) is 11.7 Å². The maximum absolute atomic E-state index is 13.9. The van der Waals surface area contributed by atoms with E-state index < -0.39 is 10.0 Å². The molecule has 2 aliphatic heterocycles. The van der Waals surface area contributed by atoms with Crippen LogP contribution in [0.2, 0.25) is 5.02 Å². The van der Waals surface area contributed by atoms with Gasteiger partial charge in [-0.3, -0.25) is 9.69 Å². The van der Waals surface area contributed by atoms with E-state index in [-0.39, 0.29) is 16.8 Å². The van der Waals surface area contributed by atoms with Crippen LogP contribution in [0.25, 0.3) is 0 Å². The summed E-state index contributed by atoms with van der Waals surface area (Å²) in [6.07, 6.45) is 0.982. The summed E-state index contributed by atoms with van der Waals surface area (Å²) in [7, 11) is -3.80. The topological polar surface area (TPSA) is 60.9 Å². The maximum Gasteiger partial charge on any atom is 0.245 e. The Kier molecular flexibility index (Phi) is 7.75. The van der Waals surface area contributed by atoms with Gasteiger partial charge in [0, 0.05) is 48.6 Å². The summed E-state index contributed by atoms with van der Waals surface area (Å²) in [6.45, 7) is 4.19. The van der Waals surface area contributed by atoms with Gasteiger partial charge in [0.2, 0.25) is 15.9 Å². The van der Waals surface area contributed by atoms with Crippen LogP contribution in [0, 0.1) is 0 Å². The zero-order chi connectivity index (χ0) is 26.2. The molecule has 37 heavy (non-hydrogen) atoms. The van der Waals surface area contributed by atoms with Gasteiger partial charge >= 0.3 is 0 Å². The molecule has 6 nitrogen and oxygen atoms in total. The van der Waals surface area contributed by atoms with Crippen LogP contribution in [0.5, 0.6) is 0 Å². The Hall–Kier alpha value is -2.23. The van der Waals surface area contributed by atoms with Gasteiger partial charge < -0.3 is 4.90 Å². The second kappa shape index (κ2) is 10.9. The lowest BCUT2D eigenvalue weighted by Gasteiger charge is -2.39. The highest BCUT2D eigenvalue weighted by Gasteiger charge is 2.37. The Morgan fingerprint density at radius 2 is 1.59 bits per heavy atom. The van der Waals surface area contributed by atoms with Gasteiger partial charge in [0.25, 0.3) is 0 Å². The highest BCUT2D eigenvalue weighted by atomic mass is 79.9. The lowest BCUT2D eigenvalue weighted by Crippen LogP contribution is -2.50. The third-order valence-electron chi connectivity index (χ3n) is 7.15. The van der Waals surface area contributed by atoms with Crippen LogP contribution in [0.3, 0.4) is 0 Å². The molecule has 1 atom stereocenters. The Morgan fingerprint density at radius 3 is 2.24 bits per heavy atom. The number of rotatable bonds is 6. The van der Waals surface area contributed by atoms with Crippen molar-refractivity contribution in [2.75, 3.05) is 37.6 Å². The Balaban J connectivity index is 1.42. The van der Waals surface area contributed by atoms with Gasteiger partial charge in [-0.15, -0.1) is 0 Å². The van der Waals surface area contributed by atoms with E-state index in [9.17, 15) is 13.2 Å². The number of benzene rings is 3. The van der Waals surface area contributed by atoms with Gasteiger partial charge in [-0.25, -0.2) is 8.42 Å². The molecule has 0 N–H and O–H groups in total. The van der Waals surface area contributed by atoms with Gasteiger partial charge in [-0.2, -0.15) is 4.31 Å². The van der Waals surface area contributed by atoms with E-state index in [0.29, 0.717) is 60.7 Å². The van der Waals surface area contributed by atoms with Crippen molar-refractivity contribution in [2.45, 2.75) is 30.7 Å². The molecule has 3 aromatic carbocycles. The Morgan fingerprint density at radius 1 is 0.946 bits per heavy atom. The molecule has 0 bridgehead atoms. The predicted octanol–water partition coefficient (Wildman–Crippen LogP) is 5.50. The van der Waals surface area contributed by atoms with Crippen molar-refractivity contribution in [1.29, 1.82) is 0 Å². The van der Waals surface area contributed by atoms with Crippen molar-refractivity contribution < 1.29 is 13.2 Å². The minimum atomic E-state index is -3.80. The molecule has 2 heterocycles. The largest absolute Gasteiger partial charge is 0.310 e. The second-order valence-corrected chi connectivity index (χ2v) is 12.6. The summed E-state index contributed by atoms with van der Waals surface area (Å²) in [4.78, 5) is 16.8. The minimum absolute atomic E-state index is 0.00361. The fourth-order valence-electron chi connectivity index (χ4n) is 5.34. The van der Waals surface area contributed by atoms with E-state index >= 15 is 0 Å². The average Bonchev–Trinajstić information content (AvgIpc) is 3.33. The first kappa shape index (κ1) is 26.4. The van der Waals surface area contributed by atoms with Crippen LogP contribution in [0.1, 0.15) is 36.1 Å². The number of piperazine rings is 1. The van der Waals surface area contributed by atoms with E-state index in [4.69, 9.17) is 11.6 Å². The molecule has 9 heteroatoms. The maximum atomic E-state index is 13.9. The molecule has 1 fully saturated rings. The first-order chi connectivity index (χ1) is 17.8. The van der Waals surface area contributed by atoms with Crippen LogP contribution in [-0.2, 0) is 21.2 Å². The molecule has 194 valence electrons. The molecule has 2 aliphatic rings. The van der Waals surface area contributed by atoms with E-state index in [1.165, 1.54) is 0 Å². The van der Waals surface area contributed by atoms with Crippen molar-refractivity contribution in [1.82, 2.24) is 9.21 Å². The first-order valence-electron chi connectivity index (χ1n) is 12.5. The number of sulfonamides is 1. The Labute approximate surface area is 232 Å². The molecule has 1 unspecified atom stereocenters. The summed E-state index contributed by atoms with van der Waals surface area (Å²) in [5, 5.41) is 0.684. The normalized spacial score (nSPS) is 17.5. The number of carbonyl (C=O) groups excluding carboxylic acids is 1. The first-order valence-corrected chi connectivity index (χ1v) is 15.1. The van der Waals surface area contributed by atoms with Crippen LogP contribution < -0.4 is 4.90 Å². The number of carbonyl (C=O) groups is 1. The van der Waals surface area contributed by atoms with Crippen molar-refractivity contribution in [2.24, 2.45) is 0 Å². The van der Waals surface area contributed by atoms with E-state index in [2.05, 4.69) is 33.0 Å². The highest BCUT2D eigenvalue weighted by molar-refractivity contribution is 9.10. The van der Waals surface area contributed by atoms with E-state index in [1.54, 1.807) is 22.2 Å². The summed E-state index contributed by atoms with van der Waals surface area (Å²) in [5.74, 6) is -0.0593. The van der Waals surface area contributed by atoms with Gasteiger partial charge in [-0.1, -0.05) is 76.9 Å². The van der Waals surface area contributed by atoms with Crippen molar-refractivity contribution in [3.8, 4) is 0 Å². The van der Waals surface area contributed by atoms with Gasteiger partial charge in [-0.05, 0) is 47.4 Å². The zero-order valence-electron chi connectivity index (χ0n) is 20.6. The molecule has 1 saturated heterocycles. The van der Waals surface area contributed by atoms with Crippen LogP contribution in [0.15, 0.2) is 76.1 Å². The SMILES string of the molecule is CCC(=O)N1CCc2cc(Br)cc(S(=O)(=O)N3CCN(C(c4ccccc4)c4ccc(Cl)cc4)CC3)c21. The number of fused-ring (bicyclic) bond motifs is 1. The smallest absolute Gasteiger partial charge is 0.245 e. The molecule has 5 rings (SSSR count). The molecule has 0 aromatic heterocycles. The van der Waals surface area contributed by atoms with Crippen molar-refractivity contribution in [3.63, 3.8) is 0 Å². The third-order valence-corrected chi connectivity index (χ3v) is 9.78. The number of amides is 1. The molecular weight excluding hydrogens is 574 g/mol. The van der Waals surface area contributed by atoms with Crippen LogP contribution in [-0.4, -0.2) is 56.3 Å². The molecule has 3 aromatic rings. The average molecular weight is 603 g/mol. The number of halogens is 2. The lowest BCUT2D eigenvalue weighted by atomic mass is 9.96. The molecule has 0 saturated carbocycles. The minimum Gasteiger partial charge on any atom is -0.310 e. The van der Waals surface area contributed by atoms with E-state index in [0.717, 1.165) is 16.7 Å².